The second kappa shape index (κ2) is 16.1. The van der Waals surface area contributed by atoms with Gasteiger partial charge in [-0.25, -0.2) is 13.9 Å². The van der Waals surface area contributed by atoms with Gasteiger partial charge in [0.2, 0.25) is 5.91 Å². The number of carbonyl (C=O) groups excluding carboxylic acids is 2. The van der Waals surface area contributed by atoms with E-state index in [1.54, 1.807) is 6.08 Å². The molecule has 3 amide bonds. The first-order chi connectivity index (χ1) is 21.3. The molecule has 46 heavy (non-hydrogen) atoms. The summed E-state index contributed by atoms with van der Waals surface area (Å²) < 4.78 is 50.7. The Labute approximate surface area is 261 Å². The molecule has 21 nitrogen and oxygen atoms in total. The third kappa shape index (κ3) is 12.3. The Hall–Kier alpha value is -2.51. The van der Waals surface area contributed by atoms with E-state index in [1.807, 2.05) is 6.92 Å². The molecular formula is C22H33N6O15P3-4. The molecule has 3 heterocycles. The van der Waals surface area contributed by atoms with Crippen LogP contribution in [0.25, 0.3) is 6.08 Å². The van der Waals surface area contributed by atoms with E-state index in [1.165, 1.54) is 12.3 Å². The minimum atomic E-state index is -6.17. The molecule has 2 fully saturated rings. The van der Waals surface area contributed by atoms with Crippen LogP contribution < -0.4 is 46.9 Å². The summed E-state index contributed by atoms with van der Waals surface area (Å²) in [5.41, 5.74) is 5.19. The maximum Gasteiger partial charge on any atom is 0.351 e. The monoisotopic (exact) mass is 714 g/mol. The van der Waals surface area contributed by atoms with E-state index in [-0.39, 0.29) is 48.4 Å². The van der Waals surface area contributed by atoms with Gasteiger partial charge in [-0.15, -0.1) is 0 Å². The minimum Gasteiger partial charge on any atom is -0.790 e. The number of aliphatic hydroxyl groups excluding tert-OH is 1. The number of anilines is 1. The average Bonchev–Trinajstić information content (AvgIpc) is 3.43. The van der Waals surface area contributed by atoms with Crippen LogP contribution in [0.15, 0.2) is 17.1 Å². The van der Waals surface area contributed by atoms with E-state index >= 15 is 0 Å². The summed E-state index contributed by atoms with van der Waals surface area (Å²) in [6, 6.07) is -0.0500. The summed E-state index contributed by atoms with van der Waals surface area (Å²) in [7, 11) is -18.2. The quantitative estimate of drug-likeness (QED) is 0.0818. The van der Waals surface area contributed by atoms with Gasteiger partial charge in [-0.2, -0.15) is 4.98 Å². The van der Waals surface area contributed by atoms with Crippen LogP contribution in [-0.2, 0) is 36.4 Å². The lowest BCUT2D eigenvalue weighted by atomic mass is 10.0. The van der Waals surface area contributed by atoms with Crippen LogP contribution in [0.2, 0.25) is 0 Å². The van der Waals surface area contributed by atoms with Gasteiger partial charge in [0.15, 0.2) is 0 Å². The third-order valence-electron chi connectivity index (χ3n) is 6.73. The highest BCUT2D eigenvalue weighted by molar-refractivity contribution is 7.64. The first-order valence-corrected chi connectivity index (χ1v) is 18.2. The van der Waals surface area contributed by atoms with Crippen molar-refractivity contribution in [2.45, 2.75) is 76.0 Å². The maximum atomic E-state index is 12.5. The summed E-state index contributed by atoms with van der Waals surface area (Å²) in [5, 5.41) is 18.6. The Morgan fingerprint density at radius 1 is 1.17 bits per heavy atom. The Morgan fingerprint density at radius 2 is 1.89 bits per heavy atom. The molecule has 24 heteroatoms. The van der Waals surface area contributed by atoms with Crippen LogP contribution in [0.1, 0.15) is 57.2 Å². The normalized spacial score (nSPS) is 26.0. The molecule has 0 saturated carbocycles. The summed E-state index contributed by atoms with van der Waals surface area (Å²) in [5.74, 6) is -0.333. The van der Waals surface area contributed by atoms with Gasteiger partial charge in [0, 0.05) is 37.2 Å². The number of aliphatic hydroxyl groups is 1. The lowest BCUT2D eigenvalue weighted by molar-refractivity contribution is -0.339. The minimum absolute atomic E-state index is 0.0586. The predicted octanol–water partition coefficient (Wildman–Crippen LogP) is -2.56. The van der Waals surface area contributed by atoms with Crippen molar-refractivity contribution in [1.82, 2.24) is 25.5 Å². The van der Waals surface area contributed by atoms with Crippen molar-refractivity contribution < 1.29 is 65.8 Å². The van der Waals surface area contributed by atoms with Crippen LogP contribution >= 0.6 is 23.5 Å². The third-order valence-corrected chi connectivity index (χ3v) is 10.4. The van der Waals surface area contributed by atoms with Crippen LogP contribution in [0.3, 0.4) is 0 Å². The zero-order valence-electron chi connectivity index (χ0n) is 24.3. The predicted molar refractivity (Wildman–Crippen MR) is 148 cm³/mol. The molecule has 6 N–H and O–H groups in total. The highest BCUT2D eigenvalue weighted by atomic mass is 31.3. The van der Waals surface area contributed by atoms with Crippen molar-refractivity contribution in [3.05, 3.63) is 28.3 Å². The van der Waals surface area contributed by atoms with Crippen molar-refractivity contribution in [1.29, 1.82) is 0 Å². The maximum absolute atomic E-state index is 12.5. The number of nitrogen functional groups attached to an aromatic ring is 1. The molecule has 0 aromatic carbocycles. The SMILES string of the molecule is CC1NC(=O)NC1CCCCCC(=O)NCC=Cc1cn(C2CC(O)C(COP(=O)([O-])OP(=O)([O-])OP(=O)([O-])[O-])O2)c(=O)nc1N. The van der Waals surface area contributed by atoms with Gasteiger partial charge in [0.25, 0.3) is 15.6 Å². The van der Waals surface area contributed by atoms with Gasteiger partial charge in [0.1, 0.15) is 18.1 Å². The van der Waals surface area contributed by atoms with Crippen molar-refractivity contribution in [2.75, 3.05) is 18.9 Å². The van der Waals surface area contributed by atoms with Gasteiger partial charge in [-0.05, 0) is 19.8 Å². The number of nitrogens with two attached hydrogens (primary N) is 1. The molecule has 7 atom stereocenters. The summed E-state index contributed by atoms with van der Waals surface area (Å²) >= 11 is 0. The first-order valence-electron chi connectivity index (χ1n) is 13.8. The van der Waals surface area contributed by atoms with Crippen molar-refractivity contribution in [2.24, 2.45) is 0 Å². The zero-order valence-corrected chi connectivity index (χ0v) is 26.9. The number of aromatic nitrogens is 2. The van der Waals surface area contributed by atoms with Crippen molar-refractivity contribution in [3.8, 4) is 0 Å². The first kappa shape index (κ1) is 37.9. The molecule has 1 aromatic rings. The van der Waals surface area contributed by atoms with Crippen LogP contribution in [0.5, 0.6) is 0 Å². The lowest BCUT2D eigenvalue weighted by Crippen LogP contribution is -2.30. The largest absolute Gasteiger partial charge is 0.790 e. The average molecular weight is 714 g/mol. The van der Waals surface area contributed by atoms with Crippen LogP contribution in [-0.4, -0.2) is 64.0 Å². The molecule has 2 aliphatic rings. The number of phosphoric acid groups is 3. The van der Waals surface area contributed by atoms with E-state index in [9.17, 15) is 52.8 Å². The van der Waals surface area contributed by atoms with E-state index < -0.39 is 54.2 Å². The molecule has 2 aliphatic heterocycles. The van der Waals surface area contributed by atoms with Crippen molar-refractivity contribution >= 4 is 47.3 Å². The standard InChI is InChI=1S/C22H37N6O15P3/c1-13-15(26-21(31)25-13)7-3-2-4-8-18(30)24-9-5-6-14-11-28(22(32)27-20(14)23)19-10-16(29)17(41-19)12-40-45(36,37)43-46(38,39)42-44(33,34)35/h5-6,11,13,15-17,19,29H,2-4,7-10,12H2,1H3,(H,24,30)(H,36,37)(H,38,39)(H2,23,27,32)(H2,25,26,31)(H2,33,34,35)/p-4. The molecule has 3 rings (SSSR count). The Bertz CT molecular complexity index is 1490. The van der Waals surface area contributed by atoms with Crippen LogP contribution in [0.4, 0.5) is 10.6 Å². The molecule has 0 aliphatic carbocycles. The number of hydrogen-bond acceptors (Lipinski definition) is 17. The van der Waals surface area contributed by atoms with Gasteiger partial charge in [-0.1, -0.05) is 25.0 Å². The number of urea groups is 1. The van der Waals surface area contributed by atoms with Gasteiger partial charge < -0.3 is 60.2 Å². The van der Waals surface area contributed by atoms with Crippen molar-refractivity contribution in [3.63, 3.8) is 0 Å². The van der Waals surface area contributed by atoms with E-state index in [0.29, 0.717) is 12.8 Å². The number of nitrogens with zero attached hydrogens (tertiary/aromatic N) is 2. The highest BCUT2D eigenvalue weighted by Crippen LogP contribution is 2.60. The number of ether oxygens (including phenoxy) is 1. The number of amides is 3. The van der Waals surface area contributed by atoms with E-state index in [0.717, 1.165) is 23.8 Å². The highest BCUT2D eigenvalue weighted by Gasteiger charge is 2.37. The summed E-state index contributed by atoms with van der Waals surface area (Å²) in [4.78, 5) is 83.5. The summed E-state index contributed by atoms with van der Waals surface area (Å²) in [6.45, 7) is 1.02. The second-order valence-corrected chi connectivity index (χ2v) is 14.6. The Kier molecular flexibility index (Phi) is 13.2. The fraction of sp³-hybridized carbons (Fsp3) is 0.636. The number of phosphoric ester groups is 1. The molecule has 7 unspecified atom stereocenters. The molecule has 260 valence electrons. The molecule has 0 bridgehead atoms. The molecule has 2 saturated heterocycles. The Balaban J connectivity index is 1.46. The topological polar surface area (TPSA) is 332 Å². The number of unbranched alkanes of at least 4 members (excludes halogenated alkanes) is 2. The van der Waals surface area contributed by atoms with Gasteiger partial charge in [0.05, 0.1) is 26.6 Å². The number of rotatable bonds is 17. The van der Waals surface area contributed by atoms with Gasteiger partial charge >= 0.3 is 11.7 Å². The fourth-order valence-corrected chi connectivity index (χ4v) is 7.42. The fourth-order valence-electron chi connectivity index (χ4n) is 4.55. The number of carbonyl (C=O) groups is 2. The number of nitrogens with one attached hydrogen (secondary N) is 3. The Morgan fingerprint density at radius 3 is 2.54 bits per heavy atom. The number of hydrogen-bond donors (Lipinski definition) is 5. The molecule has 0 radical (unpaired) electrons. The lowest BCUT2D eigenvalue weighted by Gasteiger charge is -2.37. The summed E-state index contributed by atoms with van der Waals surface area (Å²) in [6.07, 6.45) is 3.38. The second-order valence-electron chi connectivity index (χ2n) is 10.3. The smallest absolute Gasteiger partial charge is 0.351 e. The van der Waals surface area contributed by atoms with E-state index in [2.05, 4.69) is 34.1 Å². The molecule has 0 spiro atoms. The van der Waals surface area contributed by atoms with Gasteiger partial charge in [-0.3, -0.25) is 22.8 Å². The zero-order chi connectivity index (χ0) is 34.3. The van der Waals surface area contributed by atoms with Crippen LogP contribution in [0, 0.1) is 0 Å². The van der Waals surface area contributed by atoms with E-state index in [4.69, 9.17) is 10.5 Å². The molecule has 1 aromatic heterocycles. The molecular weight excluding hydrogens is 681 g/mol.